The number of carbonyl (C=O) groups excluding carboxylic acids is 2. The average molecular weight is 450 g/mol. The van der Waals surface area contributed by atoms with Gasteiger partial charge in [-0.2, -0.15) is 5.26 Å². The van der Waals surface area contributed by atoms with Crippen LogP contribution in [0.3, 0.4) is 0 Å². The lowest BCUT2D eigenvalue weighted by Crippen LogP contribution is -2.58. The van der Waals surface area contributed by atoms with Gasteiger partial charge in [0.25, 0.3) is 5.91 Å². The molecule has 33 heavy (non-hydrogen) atoms. The number of amides is 1. The van der Waals surface area contributed by atoms with Crippen LogP contribution in [0.1, 0.15) is 17.5 Å². The molecule has 0 aromatic heterocycles. The molecule has 1 N–H and O–H groups in total. The van der Waals surface area contributed by atoms with E-state index in [1.165, 1.54) is 0 Å². The first-order valence-corrected chi connectivity index (χ1v) is 10.7. The van der Waals surface area contributed by atoms with E-state index < -0.39 is 5.92 Å². The maximum atomic E-state index is 13.5. The second-order valence-corrected chi connectivity index (χ2v) is 7.85. The lowest BCUT2D eigenvalue weighted by Gasteiger charge is -2.43. The number of nitrogens with one attached hydrogen (secondary N) is 1. The highest BCUT2D eigenvalue weighted by Gasteiger charge is 2.39. The zero-order chi connectivity index (χ0) is 23.4. The van der Waals surface area contributed by atoms with Gasteiger partial charge in [0.05, 0.1) is 26.6 Å². The van der Waals surface area contributed by atoms with Crippen molar-refractivity contribution in [3.63, 3.8) is 0 Å². The molecule has 1 fully saturated rings. The van der Waals surface area contributed by atoms with Gasteiger partial charge >= 0.3 is 0 Å². The van der Waals surface area contributed by atoms with Gasteiger partial charge in [0, 0.05) is 19.5 Å². The minimum absolute atomic E-state index is 0.0273. The smallest absolute Gasteiger partial charge is 0.252 e. The molecule has 0 bridgehead atoms. The number of hydrogen-bond donors (Lipinski definition) is 1. The molecule has 2 aliphatic heterocycles. The molecule has 2 aromatic rings. The summed E-state index contributed by atoms with van der Waals surface area (Å²) in [6, 6.07) is 12.9. The predicted octanol–water partition coefficient (Wildman–Crippen LogP) is 2.05. The highest BCUT2D eigenvalue weighted by molar-refractivity contribution is 6.04. The highest BCUT2D eigenvalue weighted by Crippen LogP contribution is 2.33. The summed E-state index contributed by atoms with van der Waals surface area (Å²) in [5.41, 5.74) is 2.67. The monoisotopic (exact) mass is 450 g/mol. The summed E-state index contributed by atoms with van der Waals surface area (Å²) in [5, 5.41) is 15.6. The third kappa shape index (κ3) is 4.56. The van der Waals surface area contributed by atoms with Crippen molar-refractivity contribution >= 4 is 17.4 Å². The normalized spacial score (nSPS) is 17.9. The van der Waals surface area contributed by atoms with E-state index in [0.717, 1.165) is 16.8 Å². The molecule has 0 aliphatic carbocycles. The number of Topliss-reactive ketones (excluding diaryl/α,β-unsaturated/α-hetero) is 1. The van der Waals surface area contributed by atoms with Crippen LogP contribution >= 0.6 is 0 Å². The zero-order valence-electron chi connectivity index (χ0n) is 18.7. The Morgan fingerprint density at radius 1 is 1.09 bits per heavy atom. The Labute approximate surface area is 192 Å². The van der Waals surface area contributed by atoms with Crippen molar-refractivity contribution in [3.8, 4) is 23.3 Å². The summed E-state index contributed by atoms with van der Waals surface area (Å²) in [6.45, 7) is 1.37. The Balaban J connectivity index is 1.55. The van der Waals surface area contributed by atoms with Crippen LogP contribution in [0.5, 0.6) is 17.2 Å². The number of hydrazine groups is 1. The van der Waals surface area contributed by atoms with Crippen LogP contribution in [0.4, 0.5) is 5.69 Å². The van der Waals surface area contributed by atoms with E-state index in [0.29, 0.717) is 49.8 Å². The van der Waals surface area contributed by atoms with Gasteiger partial charge in [-0.05, 0) is 47.9 Å². The number of nitriles is 1. The van der Waals surface area contributed by atoms with E-state index in [9.17, 15) is 9.59 Å². The molecule has 9 nitrogen and oxygen atoms in total. The molecule has 1 amide bonds. The van der Waals surface area contributed by atoms with Crippen LogP contribution in [0.25, 0.3) is 0 Å². The molecular formula is C24H26N4O5. The van der Waals surface area contributed by atoms with Crippen LogP contribution in [-0.4, -0.2) is 50.7 Å². The maximum absolute atomic E-state index is 13.5. The van der Waals surface area contributed by atoms with Crippen molar-refractivity contribution in [2.45, 2.75) is 19.4 Å². The number of methoxy groups -OCH3 is 2. The molecule has 9 heteroatoms. The van der Waals surface area contributed by atoms with Gasteiger partial charge in [0.15, 0.2) is 18.1 Å². The van der Waals surface area contributed by atoms with Gasteiger partial charge in [-0.3, -0.25) is 24.9 Å². The van der Waals surface area contributed by atoms with Gasteiger partial charge in [0.1, 0.15) is 23.5 Å². The van der Waals surface area contributed by atoms with Crippen LogP contribution in [-0.2, 0) is 22.6 Å². The number of piperidine rings is 1. The van der Waals surface area contributed by atoms with Gasteiger partial charge in [0.2, 0.25) is 0 Å². The van der Waals surface area contributed by atoms with Crippen LogP contribution in [0.2, 0.25) is 0 Å². The molecule has 4 rings (SSSR count). The molecular weight excluding hydrogens is 424 g/mol. The third-order valence-electron chi connectivity index (χ3n) is 5.90. The molecule has 1 unspecified atom stereocenters. The summed E-state index contributed by atoms with van der Waals surface area (Å²) < 4.78 is 16.0. The standard InChI is InChI=1S/C24H26N4O5/c1-31-22-6-3-16(12-23(22)32-2)11-19-21(29)7-9-27(24(19)30)28-15-26-14-17-13-18(33-10-8-25)4-5-20(17)28/h3-6,12-13,19,26H,7,9-11,14-15H2,1-2H3. The second-order valence-electron chi connectivity index (χ2n) is 7.85. The lowest BCUT2D eigenvalue weighted by atomic mass is 9.89. The summed E-state index contributed by atoms with van der Waals surface area (Å²) in [6.07, 6.45) is 0.586. The van der Waals surface area contributed by atoms with Crippen molar-refractivity contribution in [2.75, 3.05) is 39.0 Å². The average Bonchev–Trinajstić information content (AvgIpc) is 2.84. The number of benzene rings is 2. The maximum Gasteiger partial charge on any atom is 0.252 e. The molecule has 172 valence electrons. The summed E-state index contributed by atoms with van der Waals surface area (Å²) in [5.74, 6) is 0.715. The fraction of sp³-hybridized carbons (Fsp3) is 0.375. The summed E-state index contributed by atoms with van der Waals surface area (Å²) in [7, 11) is 3.12. The van der Waals surface area contributed by atoms with Gasteiger partial charge in [-0.25, -0.2) is 0 Å². The Hall–Kier alpha value is -3.77. The number of ether oxygens (including phenoxy) is 3. The fourth-order valence-corrected chi connectivity index (χ4v) is 4.26. The van der Waals surface area contributed by atoms with E-state index in [-0.39, 0.29) is 18.3 Å². The van der Waals surface area contributed by atoms with Crippen molar-refractivity contribution in [1.82, 2.24) is 10.3 Å². The number of anilines is 1. The molecule has 2 aromatic carbocycles. The predicted molar refractivity (Wildman–Crippen MR) is 120 cm³/mol. The quantitative estimate of drug-likeness (QED) is 0.640. The van der Waals surface area contributed by atoms with Crippen LogP contribution < -0.4 is 24.5 Å². The number of nitrogens with zero attached hydrogens (tertiary/aromatic N) is 3. The van der Waals surface area contributed by atoms with Crippen LogP contribution in [0.15, 0.2) is 36.4 Å². The first-order chi connectivity index (χ1) is 16.0. The number of ketones is 1. The summed E-state index contributed by atoms with van der Waals surface area (Å²) >= 11 is 0. The molecule has 2 aliphatic rings. The lowest BCUT2D eigenvalue weighted by molar-refractivity contribution is -0.146. The Morgan fingerprint density at radius 2 is 1.91 bits per heavy atom. The highest BCUT2D eigenvalue weighted by atomic mass is 16.5. The molecule has 0 spiro atoms. The number of rotatable bonds is 7. The Morgan fingerprint density at radius 3 is 2.67 bits per heavy atom. The van der Waals surface area contributed by atoms with E-state index >= 15 is 0 Å². The van der Waals surface area contributed by atoms with Crippen molar-refractivity contribution in [3.05, 3.63) is 47.5 Å². The molecule has 1 atom stereocenters. The van der Waals surface area contributed by atoms with E-state index in [1.807, 2.05) is 29.3 Å². The fourth-order valence-electron chi connectivity index (χ4n) is 4.26. The van der Waals surface area contributed by atoms with Gasteiger partial charge in [-0.15, -0.1) is 0 Å². The SMILES string of the molecule is COc1ccc(CC2C(=O)CCN(N3CNCc4cc(OCC#N)ccc43)C2=O)cc1OC. The third-order valence-corrected chi connectivity index (χ3v) is 5.90. The minimum atomic E-state index is -0.763. The topological polar surface area (TPSA) is 104 Å². The molecule has 2 heterocycles. The van der Waals surface area contributed by atoms with E-state index in [4.69, 9.17) is 19.5 Å². The number of fused-ring (bicyclic) bond motifs is 1. The second kappa shape index (κ2) is 9.79. The van der Waals surface area contributed by atoms with Crippen molar-refractivity contribution in [2.24, 2.45) is 5.92 Å². The largest absolute Gasteiger partial charge is 0.493 e. The van der Waals surface area contributed by atoms with E-state index in [2.05, 4.69) is 5.32 Å². The first kappa shape index (κ1) is 22.4. The van der Waals surface area contributed by atoms with Gasteiger partial charge in [-0.1, -0.05) is 6.07 Å². The number of carbonyl (C=O) groups is 2. The van der Waals surface area contributed by atoms with Gasteiger partial charge < -0.3 is 14.2 Å². The Bertz CT molecular complexity index is 1100. The molecule has 0 saturated carbocycles. The van der Waals surface area contributed by atoms with E-state index in [1.54, 1.807) is 37.4 Å². The van der Waals surface area contributed by atoms with Crippen molar-refractivity contribution < 1.29 is 23.8 Å². The molecule has 0 radical (unpaired) electrons. The number of hydrogen-bond acceptors (Lipinski definition) is 8. The van der Waals surface area contributed by atoms with Crippen molar-refractivity contribution in [1.29, 1.82) is 5.26 Å². The Kier molecular flexibility index (Phi) is 6.66. The zero-order valence-corrected chi connectivity index (χ0v) is 18.7. The summed E-state index contributed by atoms with van der Waals surface area (Å²) in [4.78, 5) is 26.2. The van der Waals surface area contributed by atoms with Crippen LogP contribution in [0, 0.1) is 17.2 Å². The molecule has 1 saturated heterocycles. The first-order valence-electron chi connectivity index (χ1n) is 10.7. The minimum Gasteiger partial charge on any atom is -0.493 e.